The van der Waals surface area contributed by atoms with Crippen LogP contribution < -0.4 is 5.69 Å². The maximum Gasteiger partial charge on any atom is 0.446 e. The molecule has 0 atom stereocenters. The Morgan fingerprint density at radius 3 is 2.71 bits per heavy atom. The molecule has 0 saturated carbocycles. The summed E-state index contributed by atoms with van der Waals surface area (Å²) in [6.45, 7) is 0. The highest BCUT2D eigenvalue weighted by molar-refractivity contribution is 8.00. The van der Waals surface area contributed by atoms with Gasteiger partial charge in [0.15, 0.2) is 0 Å². The average Bonchev–Trinajstić information content (AvgIpc) is 2.62. The van der Waals surface area contributed by atoms with Crippen molar-refractivity contribution in [3.8, 4) is 5.69 Å². The maximum absolute atomic E-state index is 12.2. The Labute approximate surface area is 96.6 Å². The van der Waals surface area contributed by atoms with Gasteiger partial charge in [0.05, 0.1) is 5.69 Å². The monoisotopic (exact) mass is 262 g/mol. The number of H-pyrrole nitrogens is 1. The quantitative estimate of drug-likeness (QED) is 0.834. The summed E-state index contributed by atoms with van der Waals surface area (Å²) >= 11 is -0.256. The summed E-state index contributed by atoms with van der Waals surface area (Å²) in [6.07, 6.45) is 0. The predicted octanol–water partition coefficient (Wildman–Crippen LogP) is 1.57. The molecule has 0 aliphatic heterocycles. The lowest BCUT2D eigenvalue weighted by molar-refractivity contribution is -0.0328. The number of nitrogens with zero attached hydrogens (tertiary/aromatic N) is 3. The molecule has 2 aromatic rings. The van der Waals surface area contributed by atoms with Crippen LogP contribution in [-0.2, 0) is 0 Å². The topological polar surface area (TPSA) is 63.6 Å². The van der Waals surface area contributed by atoms with E-state index in [9.17, 15) is 18.0 Å². The van der Waals surface area contributed by atoms with Crippen molar-refractivity contribution in [1.82, 2.24) is 20.2 Å². The molecule has 1 N–H and O–H groups in total. The molecule has 0 spiro atoms. The van der Waals surface area contributed by atoms with Gasteiger partial charge in [-0.2, -0.15) is 17.9 Å². The first-order chi connectivity index (χ1) is 7.96. The molecular weight excluding hydrogens is 257 g/mol. The zero-order chi connectivity index (χ0) is 12.5. The molecule has 1 aromatic carbocycles. The Morgan fingerprint density at radius 2 is 2.12 bits per heavy atom. The summed E-state index contributed by atoms with van der Waals surface area (Å²) in [5.41, 5.74) is -4.76. The second-order valence-electron chi connectivity index (χ2n) is 2.96. The molecule has 0 amide bonds. The Balaban J connectivity index is 2.36. The second-order valence-corrected chi connectivity index (χ2v) is 4.10. The lowest BCUT2D eigenvalue weighted by Gasteiger charge is -2.06. The summed E-state index contributed by atoms with van der Waals surface area (Å²) in [4.78, 5) is 11.1. The number of thioether (sulfide) groups is 1. The maximum atomic E-state index is 12.2. The molecule has 0 saturated heterocycles. The fourth-order valence-electron chi connectivity index (χ4n) is 1.18. The summed E-state index contributed by atoms with van der Waals surface area (Å²) in [5.74, 6) is 0. The van der Waals surface area contributed by atoms with Gasteiger partial charge in [-0.3, -0.25) is 0 Å². The van der Waals surface area contributed by atoms with E-state index >= 15 is 0 Å². The number of hydrogen-bond acceptors (Lipinski definition) is 4. The zero-order valence-electron chi connectivity index (χ0n) is 8.10. The molecule has 2 rings (SSSR count). The van der Waals surface area contributed by atoms with E-state index < -0.39 is 11.2 Å². The number of benzene rings is 1. The lowest BCUT2D eigenvalue weighted by Crippen LogP contribution is -2.15. The van der Waals surface area contributed by atoms with Crippen molar-refractivity contribution in [1.29, 1.82) is 0 Å². The summed E-state index contributed by atoms with van der Waals surface area (Å²) in [7, 11) is 0. The number of alkyl halides is 3. The van der Waals surface area contributed by atoms with Crippen molar-refractivity contribution < 1.29 is 13.2 Å². The fraction of sp³-hybridized carbons (Fsp3) is 0.125. The molecule has 0 radical (unpaired) electrons. The predicted molar refractivity (Wildman–Crippen MR) is 53.9 cm³/mol. The van der Waals surface area contributed by atoms with Gasteiger partial charge < -0.3 is 0 Å². The molecule has 5 nitrogen and oxygen atoms in total. The van der Waals surface area contributed by atoms with Crippen LogP contribution in [0.25, 0.3) is 5.69 Å². The smallest absolute Gasteiger partial charge is 0.244 e. The zero-order valence-corrected chi connectivity index (χ0v) is 8.92. The first kappa shape index (κ1) is 11.7. The van der Waals surface area contributed by atoms with Gasteiger partial charge >= 0.3 is 11.2 Å². The normalized spacial score (nSPS) is 11.7. The van der Waals surface area contributed by atoms with Crippen LogP contribution in [-0.4, -0.2) is 25.7 Å². The van der Waals surface area contributed by atoms with Crippen molar-refractivity contribution in [2.45, 2.75) is 10.4 Å². The third kappa shape index (κ3) is 2.87. The van der Waals surface area contributed by atoms with E-state index in [0.717, 1.165) is 4.68 Å². The lowest BCUT2D eigenvalue weighted by atomic mass is 10.3. The van der Waals surface area contributed by atoms with Crippen molar-refractivity contribution in [3.63, 3.8) is 0 Å². The number of nitrogens with one attached hydrogen (secondary N) is 1. The molecule has 0 aliphatic rings. The number of tetrazole rings is 1. The molecule has 0 fully saturated rings. The molecule has 9 heteroatoms. The van der Waals surface area contributed by atoms with Crippen LogP contribution in [0, 0.1) is 0 Å². The Hall–Kier alpha value is -1.77. The molecule has 1 heterocycles. The summed E-state index contributed by atoms with van der Waals surface area (Å²) < 4.78 is 37.3. The van der Waals surface area contributed by atoms with Crippen LogP contribution in [0.2, 0.25) is 0 Å². The van der Waals surface area contributed by atoms with E-state index in [4.69, 9.17) is 0 Å². The van der Waals surface area contributed by atoms with Crippen molar-refractivity contribution in [3.05, 3.63) is 34.7 Å². The largest absolute Gasteiger partial charge is 0.446 e. The first-order valence-electron chi connectivity index (χ1n) is 4.32. The average molecular weight is 262 g/mol. The van der Waals surface area contributed by atoms with Gasteiger partial charge in [0.1, 0.15) is 0 Å². The van der Waals surface area contributed by atoms with Gasteiger partial charge in [-0.05, 0) is 40.4 Å². The van der Waals surface area contributed by atoms with Crippen molar-refractivity contribution in [2.75, 3.05) is 0 Å². The third-order valence-electron chi connectivity index (χ3n) is 1.77. The minimum absolute atomic E-state index is 0.0232. The summed E-state index contributed by atoms with van der Waals surface area (Å²) in [5, 5.41) is 8.73. The number of aromatic nitrogens is 4. The molecule has 17 heavy (non-hydrogen) atoms. The van der Waals surface area contributed by atoms with Gasteiger partial charge in [0, 0.05) is 4.90 Å². The first-order valence-corrected chi connectivity index (χ1v) is 5.14. The van der Waals surface area contributed by atoms with E-state index in [1.807, 2.05) is 0 Å². The van der Waals surface area contributed by atoms with E-state index in [2.05, 4.69) is 15.5 Å². The Morgan fingerprint density at radius 1 is 1.35 bits per heavy atom. The minimum Gasteiger partial charge on any atom is -0.244 e. The molecule has 1 aromatic heterocycles. The molecular formula is C8H5F3N4OS. The number of aromatic amines is 1. The van der Waals surface area contributed by atoms with Gasteiger partial charge in [-0.15, -0.1) is 0 Å². The van der Waals surface area contributed by atoms with E-state index in [0.29, 0.717) is 0 Å². The SMILES string of the molecule is O=c1[nH]nnn1-c1cccc(SC(F)(F)F)c1. The van der Waals surface area contributed by atoms with E-state index in [1.165, 1.54) is 24.3 Å². The Kier molecular flexibility index (Phi) is 2.92. The van der Waals surface area contributed by atoms with Gasteiger partial charge in [0.2, 0.25) is 0 Å². The fourth-order valence-corrected chi connectivity index (χ4v) is 1.77. The second kappa shape index (κ2) is 4.24. The van der Waals surface area contributed by atoms with Crippen molar-refractivity contribution >= 4 is 11.8 Å². The molecule has 0 bridgehead atoms. The van der Waals surface area contributed by atoms with Gasteiger partial charge in [0.25, 0.3) is 0 Å². The van der Waals surface area contributed by atoms with Crippen molar-refractivity contribution in [2.24, 2.45) is 0 Å². The summed E-state index contributed by atoms with van der Waals surface area (Å²) in [6, 6.07) is 5.38. The Bertz CT molecular complexity index is 576. The molecule has 90 valence electrons. The third-order valence-corrected chi connectivity index (χ3v) is 2.49. The molecule has 0 aliphatic carbocycles. The van der Waals surface area contributed by atoms with Crippen LogP contribution in [0.3, 0.4) is 0 Å². The van der Waals surface area contributed by atoms with E-state index in [1.54, 1.807) is 0 Å². The van der Waals surface area contributed by atoms with E-state index in [-0.39, 0.29) is 22.3 Å². The van der Waals surface area contributed by atoms with Crippen LogP contribution in [0.15, 0.2) is 34.0 Å². The highest BCUT2D eigenvalue weighted by Gasteiger charge is 2.29. The standard InChI is InChI=1S/C8H5F3N4OS/c9-8(10,11)17-6-3-1-2-5(4-6)15-7(16)12-13-14-15/h1-4H,(H,12,14,16). The minimum atomic E-state index is -4.37. The number of rotatable bonds is 2. The van der Waals surface area contributed by atoms with Crippen LogP contribution in [0.1, 0.15) is 0 Å². The highest BCUT2D eigenvalue weighted by atomic mass is 32.2. The van der Waals surface area contributed by atoms with Gasteiger partial charge in [-0.1, -0.05) is 6.07 Å². The van der Waals surface area contributed by atoms with Gasteiger partial charge in [-0.25, -0.2) is 9.89 Å². The molecule has 0 unspecified atom stereocenters. The van der Waals surface area contributed by atoms with Crippen LogP contribution in [0.5, 0.6) is 0 Å². The van der Waals surface area contributed by atoms with Crippen LogP contribution >= 0.6 is 11.8 Å². The highest BCUT2D eigenvalue weighted by Crippen LogP contribution is 2.37. The number of halogens is 3. The van der Waals surface area contributed by atoms with Crippen LogP contribution in [0.4, 0.5) is 13.2 Å². The number of hydrogen-bond donors (Lipinski definition) is 1.